The van der Waals surface area contributed by atoms with E-state index in [-0.39, 0.29) is 0 Å². The minimum absolute atomic E-state index is 0.631. The van der Waals surface area contributed by atoms with Crippen LogP contribution in [0.2, 0.25) is 0 Å². The molecule has 8 N–H and O–H groups in total. The van der Waals surface area contributed by atoms with Gasteiger partial charge in [0.25, 0.3) is 0 Å². The van der Waals surface area contributed by atoms with Gasteiger partial charge in [-0.3, -0.25) is 9.11 Å². The first kappa shape index (κ1) is 25.8. The highest BCUT2D eigenvalue weighted by Crippen LogP contribution is 2.28. The molecule has 2 rings (SSSR count). The first-order valence-electron chi connectivity index (χ1n) is 8.10. The average Bonchev–Trinajstić information content (AvgIpc) is 2.61. The van der Waals surface area contributed by atoms with Crippen molar-refractivity contribution in [3.63, 3.8) is 0 Å². The van der Waals surface area contributed by atoms with Crippen LogP contribution < -0.4 is 4.72 Å². The minimum atomic E-state index is -5.05. The summed E-state index contributed by atoms with van der Waals surface area (Å²) in [6.45, 7) is -1.12. The zero-order valence-electron chi connectivity index (χ0n) is 15.0. The average molecular weight is 497 g/mol. The molecule has 2 aliphatic heterocycles. The summed E-state index contributed by atoms with van der Waals surface area (Å²) in [5.74, 6) is -2.54. The number of aliphatic hydroxyl groups excluding tert-OH is 4. The lowest BCUT2D eigenvalue weighted by molar-refractivity contribution is -0.305. The summed E-state index contributed by atoms with van der Waals surface area (Å²) < 4.78 is 81.8. The van der Waals surface area contributed by atoms with Gasteiger partial charge in [0, 0.05) is 0 Å². The zero-order chi connectivity index (χ0) is 23.7. The molecule has 180 valence electrons. The van der Waals surface area contributed by atoms with E-state index in [1.54, 1.807) is 0 Å². The van der Waals surface area contributed by atoms with Crippen LogP contribution in [-0.4, -0.2) is 113 Å². The summed E-state index contributed by atoms with van der Waals surface area (Å²) >= 11 is 0. The molecule has 31 heavy (non-hydrogen) atoms. The molecule has 19 heteroatoms. The van der Waals surface area contributed by atoms with Crippen molar-refractivity contribution in [3.8, 4) is 0 Å². The minimum Gasteiger partial charge on any atom is -0.475 e. The third-order valence-electron chi connectivity index (χ3n) is 4.05. The fraction of sp³-hybridized carbons (Fsp3) is 0.750. The molecule has 0 aromatic rings. The van der Waals surface area contributed by atoms with Gasteiger partial charge in [0.05, 0.1) is 6.61 Å². The molecule has 0 amide bonds. The molecule has 0 spiro atoms. The number of carbonyl (C=O) groups is 1. The Morgan fingerprint density at radius 1 is 1.10 bits per heavy atom. The second kappa shape index (κ2) is 9.56. The Labute approximate surface area is 174 Å². The number of aliphatic carboxylic acids is 1. The van der Waals surface area contributed by atoms with Crippen LogP contribution in [0.25, 0.3) is 0 Å². The summed E-state index contributed by atoms with van der Waals surface area (Å²) in [5, 5.41) is 49.0. The topological polar surface area (TPSA) is 276 Å². The molecule has 0 radical (unpaired) electrons. The molecule has 0 aliphatic carbocycles. The Balaban J connectivity index is 2.31. The number of carboxylic acid groups (broad SMARTS) is 1. The number of rotatable bonds is 8. The van der Waals surface area contributed by atoms with Gasteiger partial charge >= 0.3 is 26.7 Å². The lowest BCUT2D eigenvalue weighted by Crippen LogP contribution is -2.66. The highest BCUT2D eigenvalue weighted by atomic mass is 32.3. The summed E-state index contributed by atoms with van der Waals surface area (Å²) in [6.07, 6.45) is -13.3. The molecule has 1 unspecified atom stereocenters. The van der Waals surface area contributed by atoms with Crippen LogP contribution in [0.4, 0.5) is 0 Å². The monoisotopic (exact) mass is 497 g/mol. The second-order valence-electron chi connectivity index (χ2n) is 6.29. The van der Waals surface area contributed by atoms with Crippen molar-refractivity contribution in [3.05, 3.63) is 11.8 Å². The number of ether oxygens (including phenoxy) is 3. The fourth-order valence-corrected chi connectivity index (χ4v) is 3.63. The van der Waals surface area contributed by atoms with Gasteiger partial charge in [-0.1, -0.05) is 0 Å². The van der Waals surface area contributed by atoms with Crippen LogP contribution in [0.3, 0.4) is 0 Å². The molecule has 2 heterocycles. The highest BCUT2D eigenvalue weighted by molar-refractivity contribution is 7.83. The third kappa shape index (κ3) is 7.00. The molecule has 0 bridgehead atoms. The molecule has 1 fully saturated rings. The SMILES string of the molecule is O=C(O)C1=C[C@H](O)[C@@H](O)[C@H](O[C@H]2[C@H](O)[C@@H](NS(=O)(=O)O)C(O)O[C@@H]2COS(=O)(=O)O)O1. The van der Waals surface area contributed by atoms with Crippen molar-refractivity contribution < 1.29 is 74.7 Å². The Hall–Kier alpha value is -1.49. The Bertz CT molecular complexity index is 900. The number of hydrogen-bond donors (Lipinski definition) is 8. The number of carboxylic acids is 1. The quantitative estimate of drug-likeness (QED) is 0.146. The maximum atomic E-state index is 11.1. The van der Waals surface area contributed by atoms with Gasteiger partial charge in [-0.25, -0.2) is 8.98 Å². The van der Waals surface area contributed by atoms with E-state index in [0.717, 1.165) is 0 Å². The molecular formula is C12H19NO16S2. The van der Waals surface area contributed by atoms with E-state index in [0.29, 0.717) is 6.08 Å². The van der Waals surface area contributed by atoms with Crippen molar-refractivity contribution in [2.45, 2.75) is 49.1 Å². The summed E-state index contributed by atoms with van der Waals surface area (Å²) in [7, 11) is -10.1. The second-order valence-corrected chi connectivity index (χ2v) is 8.57. The number of hydrogen-bond acceptors (Lipinski definition) is 13. The summed E-state index contributed by atoms with van der Waals surface area (Å²) in [4.78, 5) is 11.1. The normalized spacial score (nSPS) is 37.0. The molecular weight excluding hydrogens is 478 g/mol. The summed E-state index contributed by atoms with van der Waals surface area (Å²) in [5.41, 5.74) is 0. The number of aliphatic hydroxyl groups is 4. The van der Waals surface area contributed by atoms with Crippen LogP contribution in [0.1, 0.15) is 0 Å². The van der Waals surface area contributed by atoms with Crippen molar-refractivity contribution in [1.82, 2.24) is 4.72 Å². The van der Waals surface area contributed by atoms with E-state index in [1.165, 1.54) is 4.72 Å². The fourth-order valence-electron chi connectivity index (χ4n) is 2.72. The van der Waals surface area contributed by atoms with Gasteiger partial charge in [0.1, 0.15) is 36.6 Å². The standard InChI is InChI=1S/C12H19NO16S2/c14-3-1-4(10(17)18)28-12(7(3)15)29-9-5(2-26-31(23,24)25)27-11(19)6(8(9)16)13-30(20,21)22/h1,3,5-9,11-16,19H,2H2,(H,17,18)(H,20,21,22)(H,23,24,25)/t3-,5+,6+,7+,8+,9+,11?,12-/m0/s1. The van der Waals surface area contributed by atoms with Gasteiger partial charge in [-0.05, 0) is 6.08 Å². The van der Waals surface area contributed by atoms with Gasteiger partial charge < -0.3 is 39.7 Å². The van der Waals surface area contributed by atoms with Crippen LogP contribution >= 0.6 is 0 Å². The molecule has 2 aliphatic rings. The summed E-state index contributed by atoms with van der Waals surface area (Å²) in [6, 6.07) is -2.01. The Morgan fingerprint density at radius 2 is 1.71 bits per heavy atom. The maximum Gasteiger partial charge on any atom is 0.397 e. The molecule has 0 saturated carbocycles. The first-order valence-corrected chi connectivity index (χ1v) is 10.9. The molecule has 0 aromatic carbocycles. The van der Waals surface area contributed by atoms with Crippen LogP contribution in [0.5, 0.6) is 0 Å². The van der Waals surface area contributed by atoms with Gasteiger partial charge in [-0.15, -0.1) is 0 Å². The van der Waals surface area contributed by atoms with E-state index in [2.05, 4.69) is 4.18 Å². The van der Waals surface area contributed by atoms with Crippen molar-refractivity contribution in [1.29, 1.82) is 0 Å². The maximum absolute atomic E-state index is 11.1. The van der Waals surface area contributed by atoms with Crippen LogP contribution in [-0.2, 0) is 43.9 Å². The van der Waals surface area contributed by atoms with E-state index in [4.69, 9.17) is 28.4 Å². The van der Waals surface area contributed by atoms with E-state index < -0.39 is 88.2 Å². The van der Waals surface area contributed by atoms with Gasteiger partial charge in [-0.2, -0.15) is 21.6 Å². The third-order valence-corrected chi connectivity index (χ3v) is 5.06. The molecule has 8 atom stereocenters. The largest absolute Gasteiger partial charge is 0.475 e. The Kier molecular flexibility index (Phi) is 7.95. The van der Waals surface area contributed by atoms with E-state index in [9.17, 15) is 42.1 Å². The molecule has 0 aromatic heterocycles. The Morgan fingerprint density at radius 3 is 2.23 bits per heavy atom. The van der Waals surface area contributed by atoms with Crippen molar-refractivity contribution in [2.75, 3.05) is 6.61 Å². The van der Waals surface area contributed by atoms with Crippen molar-refractivity contribution in [2.24, 2.45) is 0 Å². The predicted octanol–water partition coefficient (Wildman–Crippen LogP) is -4.92. The van der Waals surface area contributed by atoms with Gasteiger partial charge in [0.15, 0.2) is 6.29 Å². The van der Waals surface area contributed by atoms with E-state index >= 15 is 0 Å². The molecule has 17 nitrogen and oxygen atoms in total. The smallest absolute Gasteiger partial charge is 0.397 e. The number of nitrogens with one attached hydrogen (secondary N) is 1. The van der Waals surface area contributed by atoms with Crippen LogP contribution in [0, 0.1) is 0 Å². The van der Waals surface area contributed by atoms with Gasteiger partial charge in [0.2, 0.25) is 12.0 Å². The van der Waals surface area contributed by atoms with Crippen LogP contribution in [0.15, 0.2) is 11.8 Å². The lowest BCUT2D eigenvalue weighted by atomic mass is 9.97. The highest BCUT2D eigenvalue weighted by Gasteiger charge is 2.50. The van der Waals surface area contributed by atoms with Crippen molar-refractivity contribution >= 4 is 26.7 Å². The first-order chi connectivity index (χ1) is 14.1. The molecule has 1 saturated heterocycles. The predicted molar refractivity (Wildman–Crippen MR) is 90.3 cm³/mol. The van der Waals surface area contributed by atoms with E-state index in [1.807, 2.05) is 0 Å². The lowest BCUT2D eigenvalue weighted by Gasteiger charge is -2.44. The zero-order valence-corrected chi connectivity index (χ0v) is 16.7.